The van der Waals surface area contributed by atoms with E-state index >= 15 is 0 Å². The van der Waals surface area contributed by atoms with Crippen molar-refractivity contribution in [3.05, 3.63) is 11.1 Å². The predicted molar refractivity (Wildman–Crippen MR) is 111 cm³/mol. The maximum Gasteiger partial charge on any atom is 0.303 e. The number of ketones is 1. The van der Waals surface area contributed by atoms with E-state index in [1.54, 1.807) is 13.8 Å². The van der Waals surface area contributed by atoms with E-state index < -0.39 is 46.6 Å². The number of Topliss-reactive ketones (excluding diaryl/α,β-unsaturated/α-hetero) is 1. The summed E-state index contributed by atoms with van der Waals surface area (Å²) in [5.41, 5.74) is 0.161. The highest BCUT2D eigenvalue weighted by molar-refractivity contribution is 6.22. The molecule has 1 fully saturated rings. The number of alkyl halides is 1. The Labute approximate surface area is 183 Å². The van der Waals surface area contributed by atoms with Crippen molar-refractivity contribution in [2.45, 2.75) is 96.5 Å². The molecule has 1 aliphatic carbocycles. The summed E-state index contributed by atoms with van der Waals surface area (Å²) < 4.78 is 16.3. The molecule has 8 heteroatoms. The lowest BCUT2D eigenvalue weighted by Crippen LogP contribution is -2.59. The molecule has 0 radical (unpaired) electrons. The van der Waals surface area contributed by atoms with Crippen molar-refractivity contribution in [1.29, 1.82) is 0 Å². The fraction of sp³-hybridized carbons (Fsp3) is 0.773. The molecule has 0 bridgehead atoms. The monoisotopic (exact) mass is 444 g/mol. The molecule has 1 saturated heterocycles. The van der Waals surface area contributed by atoms with Crippen LogP contribution in [0.5, 0.6) is 0 Å². The van der Waals surface area contributed by atoms with Crippen LogP contribution in [0.25, 0.3) is 0 Å². The number of halogens is 1. The van der Waals surface area contributed by atoms with Crippen LogP contribution >= 0.6 is 11.6 Å². The molecule has 5 atom stereocenters. The summed E-state index contributed by atoms with van der Waals surface area (Å²) in [6.07, 6.45) is -0.624. The molecule has 170 valence electrons. The summed E-state index contributed by atoms with van der Waals surface area (Å²) in [5.74, 6) is -1.29. The quantitative estimate of drug-likeness (QED) is 0.349. The minimum atomic E-state index is -1.09. The minimum absolute atomic E-state index is 0.0432. The van der Waals surface area contributed by atoms with Crippen molar-refractivity contribution >= 4 is 29.3 Å². The molecule has 2 aliphatic rings. The highest BCUT2D eigenvalue weighted by atomic mass is 35.5. The normalized spacial score (nSPS) is 30.1. The molecule has 7 nitrogen and oxygen atoms in total. The molecule has 1 heterocycles. The Morgan fingerprint density at radius 3 is 2.37 bits per heavy atom. The Balaban J connectivity index is 2.15. The van der Waals surface area contributed by atoms with E-state index in [4.69, 9.17) is 25.8 Å². The lowest BCUT2D eigenvalue weighted by atomic mass is 9.69. The predicted octanol–water partition coefficient (Wildman–Crippen LogP) is 3.09. The average Bonchev–Trinajstić information content (AvgIpc) is 2.60. The lowest BCUT2D eigenvalue weighted by Gasteiger charge is -2.46. The number of rotatable bonds is 8. The van der Waals surface area contributed by atoms with E-state index in [9.17, 15) is 19.5 Å². The summed E-state index contributed by atoms with van der Waals surface area (Å²) in [6.45, 7) is 10.4. The van der Waals surface area contributed by atoms with Crippen LogP contribution in [0.1, 0.15) is 67.2 Å². The molecule has 30 heavy (non-hydrogen) atoms. The maximum atomic E-state index is 13.2. The van der Waals surface area contributed by atoms with E-state index in [1.165, 1.54) is 13.8 Å². The number of hydrogen-bond acceptors (Lipinski definition) is 7. The van der Waals surface area contributed by atoms with E-state index in [1.807, 2.05) is 13.8 Å². The van der Waals surface area contributed by atoms with Crippen molar-refractivity contribution in [2.24, 2.45) is 5.41 Å². The summed E-state index contributed by atoms with van der Waals surface area (Å²) in [6, 6.07) is 0. The standard InChI is InChI=1S/C22H33ClO7/c1-12-16(26)7-8-21(4,5)19(12)20(29-13(2)24)17(27)9-15(23)10-18-22(6,11-28-18)30-14(3)25/h15-16,18,20,26H,7-11H2,1-6H3/t15?,16-,18+,20?,22-/m0/s1. The SMILES string of the molecule is CC(=O)OC(C(=O)CC(Cl)C[C@H]1OC[C@]1(C)OC(C)=O)C1=C(C)[C@@H](O)CCC1(C)C. The molecule has 1 N–H and O–H groups in total. The molecule has 0 aromatic carbocycles. The van der Waals surface area contributed by atoms with Gasteiger partial charge in [0.15, 0.2) is 17.5 Å². The van der Waals surface area contributed by atoms with Gasteiger partial charge in [0, 0.05) is 25.6 Å². The Bertz CT molecular complexity index is 729. The van der Waals surface area contributed by atoms with Gasteiger partial charge in [-0.3, -0.25) is 14.4 Å². The van der Waals surface area contributed by atoms with Crippen LogP contribution in [-0.4, -0.2) is 58.7 Å². The molecular weight excluding hydrogens is 412 g/mol. The number of ether oxygens (including phenoxy) is 3. The Morgan fingerprint density at radius 2 is 1.87 bits per heavy atom. The number of carbonyl (C=O) groups excluding carboxylic acids is 3. The zero-order chi connectivity index (χ0) is 22.9. The molecule has 0 aromatic heterocycles. The summed E-state index contributed by atoms with van der Waals surface area (Å²) in [7, 11) is 0. The van der Waals surface area contributed by atoms with Crippen molar-refractivity contribution < 1.29 is 33.7 Å². The molecule has 0 spiro atoms. The number of aliphatic hydroxyl groups is 1. The van der Waals surface area contributed by atoms with Gasteiger partial charge in [-0.15, -0.1) is 11.6 Å². The van der Waals surface area contributed by atoms with E-state index in [2.05, 4.69) is 0 Å². The number of carbonyl (C=O) groups is 3. The summed E-state index contributed by atoms with van der Waals surface area (Å²) in [5, 5.41) is 9.73. The molecule has 0 saturated carbocycles. The van der Waals surface area contributed by atoms with Crippen LogP contribution in [0.2, 0.25) is 0 Å². The maximum absolute atomic E-state index is 13.2. The molecule has 0 amide bonds. The van der Waals surface area contributed by atoms with Gasteiger partial charge >= 0.3 is 11.9 Å². The molecular formula is C22H33ClO7. The lowest BCUT2D eigenvalue weighted by molar-refractivity contribution is -0.245. The highest BCUT2D eigenvalue weighted by Gasteiger charge is 2.49. The second kappa shape index (κ2) is 9.37. The van der Waals surface area contributed by atoms with Gasteiger partial charge in [-0.05, 0) is 49.7 Å². The Hall–Kier alpha value is -1.44. The fourth-order valence-electron chi connectivity index (χ4n) is 4.39. The van der Waals surface area contributed by atoms with E-state index in [-0.39, 0.29) is 18.8 Å². The van der Waals surface area contributed by atoms with Crippen LogP contribution in [0, 0.1) is 5.41 Å². The number of esters is 2. The zero-order valence-corrected chi connectivity index (χ0v) is 19.4. The van der Waals surface area contributed by atoms with Crippen LogP contribution in [0.3, 0.4) is 0 Å². The first-order chi connectivity index (χ1) is 13.8. The van der Waals surface area contributed by atoms with E-state index in [0.717, 1.165) is 0 Å². The van der Waals surface area contributed by atoms with Crippen LogP contribution in [0.15, 0.2) is 11.1 Å². The van der Waals surface area contributed by atoms with E-state index in [0.29, 0.717) is 30.4 Å². The molecule has 2 unspecified atom stereocenters. The third kappa shape index (κ3) is 5.62. The van der Waals surface area contributed by atoms with Crippen LogP contribution in [-0.2, 0) is 28.6 Å². The average molecular weight is 445 g/mol. The van der Waals surface area contributed by atoms with Crippen molar-refractivity contribution in [3.63, 3.8) is 0 Å². The van der Waals surface area contributed by atoms with Crippen molar-refractivity contribution in [1.82, 2.24) is 0 Å². The largest absolute Gasteiger partial charge is 0.454 e. The number of hydrogen-bond donors (Lipinski definition) is 1. The topological polar surface area (TPSA) is 99.1 Å². The highest BCUT2D eigenvalue weighted by Crippen LogP contribution is 2.43. The summed E-state index contributed by atoms with van der Waals surface area (Å²) >= 11 is 6.46. The first kappa shape index (κ1) is 24.8. The van der Waals surface area contributed by atoms with Gasteiger partial charge in [-0.1, -0.05) is 13.8 Å². The minimum Gasteiger partial charge on any atom is -0.454 e. The smallest absolute Gasteiger partial charge is 0.303 e. The van der Waals surface area contributed by atoms with Gasteiger partial charge in [0.2, 0.25) is 0 Å². The van der Waals surface area contributed by atoms with Gasteiger partial charge in [-0.25, -0.2) is 0 Å². The fourth-order valence-corrected chi connectivity index (χ4v) is 4.71. The summed E-state index contributed by atoms with van der Waals surface area (Å²) in [4.78, 5) is 36.2. The van der Waals surface area contributed by atoms with Gasteiger partial charge in [-0.2, -0.15) is 0 Å². The van der Waals surface area contributed by atoms with Crippen LogP contribution < -0.4 is 0 Å². The first-order valence-electron chi connectivity index (χ1n) is 10.3. The molecule has 0 aromatic rings. The van der Waals surface area contributed by atoms with Gasteiger partial charge in [0.05, 0.1) is 12.7 Å². The second-order valence-corrected chi connectivity index (χ2v) is 9.85. The van der Waals surface area contributed by atoms with Crippen molar-refractivity contribution in [2.75, 3.05) is 6.61 Å². The first-order valence-corrected chi connectivity index (χ1v) is 10.7. The third-order valence-electron chi connectivity index (χ3n) is 6.06. The van der Waals surface area contributed by atoms with Gasteiger partial charge in [0.25, 0.3) is 0 Å². The third-order valence-corrected chi connectivity index (χ3v) is 6.39. The van der Waals surface area contributed by atoms with Gasteiger partial charge in [0.1, 0.15) is 6.10 Å². The Kier molecular flexibility index (Phi) is 7.75. The van der Waals surface area contributed by atoms with Gasteiger partial charge < -0.3 is 19.3 Å². The zero-order valence-electron chi connectivity index (χ0n) is 18.6. The Morgan fingerprint density at radius 1 is 1.23 bits per heavy atom. The van der Waals surface area contributed by atoms with Crippen LogP contribution in [0.4, 0.5) is 0 Å². The molecule has 2 rings (SSSR count). The molecule has 1 aliphatic heterocycles. The van der Waals surface area contributed by atoms with Crippen molar-refractivity contribution in [3.8, 4) is 0 Å². The second-order valence-electron chi connectivity index (χ2n) is 9.23. The number of aliphatic hydroxyl groups excluding tert-OH is 1.